The molecule has 0 fully saturated rings. The summed E-state index contributed by atoms with van der Waals surface area (Å²) < 4.78 is 0. The fraction of sp³-hybridized carbons (Fsp3) is 0.333. The summed E-state index contributed by atoms with van der Waals surface area (Å²) in [5.41, 5.74) is 0.919. The van der Waals surface area contributed by atoms with Gasteiger partial charge < -0.3 is 16.1 Å². The number of aromatic amines is 1. The summed E-state index contributed by atoms with van der Waals surface area (Å²) in [6.07, 6.45) is 0.226. The number of rotatable bonds is 3. The van der Waals surface area contributed by atoms with Gasteiger partial charge >= 0.3 is 0 Å². The third kappa shape index (κ3) is 1.80. The van der Waals surface area contributed by atoms with Crippen molar-refractivity contribution in [2.75, 3.05) is 0 Å². The molecule has 1 aromatic rings. The second-order valence-corrected chi connectivity index (χ2v) is 2.22. The first kappa shape index (κ1) is 8.69. The number of nitrogens with zero attached hydrogens (tertiary/aromatic N) is 2. The van der Waals surface area contributed by atoms with Crippen LogP contribution in [0.25, 0.3) is 0 Å². The summed E-state index contributed by atoms with van der Waals surface area (Å²) in [6, 6.07) is 1.53. The minimum absolute atomic E-state index is 0.139. The van der Waals surface area contributed by atoms with Crippen molar-refractivity contribution in [3.8, 4) is 0 Å². The first-order valence-electron chi connectivity index (χ1n) is 3.34. The van der Waals surface area contributed by atoms with Crippen LogP contribution in [0.1, 0.15) is 17.5 Å². The number of aliphatic hydroxyl groups excluding tert-OH is 2. The van der Waals surface area contributed by atoms with Crippen molar-refractivity contribution in [3.05, 3.63) is 17.5 Å². The highest BCUT2D eigenvalue weighted by Crippen LogP contribution is 2.08. The van der Waals surface area contributed by atoms with Gasteiger partial charge in [-0.3, -0.25) is 5.10 Å². The Morgan fingerprint density at radius 1 is 1.83 bits per heavy atom. The van der Waals surface area contributed by atoms with E-state index in [0.717, 1.165) is 6.21 Å². The zero-order valence-corrected chi connectivity index (χ0v) is 6.31. The Labute approximate surface area is 68.7 Å². The first-order chi connectivity index (χ1) is 5.77. The highest BCUT2D eigenvalue weighted by molar-refractivity contribution is 5.64. The van der Waals surface area contributed by atoms with E-state index in [1.54, 1.807) is 0 Å². The predicted molar refractivity (Wildman–Crippen MR) is 42.1 cm³/mol. The number of hydrogen-bond donors (Lipinski definition) is 4. The molecule has 0 aliphatic heterocycles. The molecule has 1 heterocycles. The molecule has 1 aromatic heterocycles. The molecule has 1 atom stereocenters. The van der Waals surface area contributed by atoms with Crippen LogP contribution in [-0.4, -0.2) is 26.6 Å². The van der Waals surface area contributed by atoms with Crippen LogP contribution < -0.4 is 5.84 Å². The van der Waals surface area contributed by atoms with Crippen molar-refractivity contribution in [1.82, 2.24) is 10.2 Å². The molecule has 5 N–H and O–H groups in total. The lowest BCUT2D eigenvalue weighted by Crippen LogP contribution is -2.00. The number of H-pyrrole nitrogens is 1. The van der Waals surface area contributed by atoms with Crippen molar-refractivity contribution in [3.63, 3.8) is 0 Å². The second kappa shape index (κ2) is 3.84. The lowest BCUT2D eigenvalue weighted by molar-refractivity contribution is 0.247. The van der Waals surface area contributed by atoms with Crippen molar-refractivity contribution >= 4 is 6.21 Å². The molecule has 0 amide bonds. The predicted octanol–water partition coefficient (Wildman–Crippen LogP) is -1.12. The van der Waals surface area contributed by atoms with E-state index in [1.165, 1.54) is 6.07 Å². The van der Waals surface area contributed by atoms with Crippen molar-refractivity contribution in [2.45, 2.75) is 12.7 Å². The maximum Gasteiger partial charge on any atom is 0.135 e. The Morgan fingerprint density at radius 2 is 2.58 bits per heavy atom. The van der Waals surface area contributed by atoms with Gasteiger partial charge in [0.2, 0.25) is 0 Å². The topological polar surface area (TPSA) is 108 Å². The molecule has 1 rings (SSSR count). The van der Waals surface area contributed by atoms with Gasteiger partial charge in [-0.25, -0.2) is 0 Å². The number of aliphatic hydroxyl groups is 2. The summed E-state index contributed by atoms with van der Waals surface area (Å²) in [6.45, 7) is -0.139. The van der Waals surface area contributed by atoms with Gasteiger partial charge in [0.05, 0.1) is 24.2 Å². The van der Waals surface area contributed by atoms with E-state index in [2.05, 4.69) is 15.3 Å². The summed E-state index contributed by atoms with van der Waals surface area (Å²) in [4.78, 5) is 0. The van der Waals surface area contributed by atoms with Gasteiger partial charge in [0.1, 0.15) is 6.10 Å². The molecule has 6 heteroatoms. The highest BCUT2D eigenvalue weighted by Gasteiger charge is 2.08. The molecule has 0 aliphatic rings. The lowest BCUT2D eigenvalue weighted by Gasteiger charge is -1.96. The van der Waals surface area contributed by atoms with E-state index < -0.39 is 6.10 Å². The average molecular weight is 170 g/mol. The number of nitrogens with two attached hydrogens (primary N) is 1. The number of nitrogens with one attached hydrogen (secondary N) is 1. The molecular weight excluding hydrogens is 160 g/mol. The second-order valence-electron chi connectivity index (χ2n) is 2.22. The maximum atomic E-state index is 9.24. The van der Waals surface area contributed by atoms with E-state index in [-0.39, 0.29) is 6.61 Å². The Kier molecular flexibility index (Phi) is 2.78. The molecule has 0 saturated heterocycles. The molecule has 0 aliphatic carbocycles. The Balaban J connectivity index is 2.74. The highest BCUT2D eigenvalue weighted by atomic mass is 16.3. The molecule has 1 unspecified atom stereocenters. The van der Waals surface area contributed by atoms with Crippen molar-refractivity contribution < 1.29 is 10.2 Å². The normalized spacial score (nSPS) is 13.8. The molecule has 66 valence electrons. The SMILES string of the molecule is NN=CC(O)c1cc(CO)[nH]n1. The van der Waals surface area contributed by atoms with Gasteiger partial charge in [-0.15, -0.1) is 0 Å². The Bertz CT molecular complexity index is 270. The molecular formula is C6H10N4O2. The third-order valence-corrected chi connectivity index (χ3v) is 1.35. The number of aromatic nitrogens is 2. The zero-order valence-electron chi connectivity index (χ0n) is 6.31. The summed E-state index contributed by atoms with van der Waals surface area (Å²) in [5.74, 6) is 4.83. The van der Waals surface area contributed by atoms with E-state index in [1.807, 2.05) is 0 Å². The number of hydrazone groups is 1. The standard InChI is InChI=1S/C6H10N4O2/c7-8-2-6(12)5-1-4(3-11)9-10-5/h1-2,6,11-12H,3,7H2,(H,9,10). The minimum atomic E-state index is -0.924. The summed E-state index contributed by atoms with van der Waals surface area (Å²) in [7, 11) is 0. The molecule has 0 radical (unpaired) electrons. The fourth-order valence-corrected chi connectivity index (χ4v) is 0.770. The van der Waals surface area contributed by atoms with Gasteiger partial charge in [0.15, 0.2) is 0 Å². The van der Waals surface area contributed by atoms with Gasteiger partial charge in [0, 0.05) is 0 Å². The van der Waals surface area contributed by atoms with Crippen LogP contribution in [0.15, 0.2) is 11.2 Å². The minimum Gasteiger partial charge on any atom is -0.390 e. The van der Waals surface area contributed by atoms with Gasteiger partial charge in [-0.1, -0.05) is 0 Å². The van der Waals surface area contributed by atoms with Crippen molar-refractivity contribution in [1.29, 1.82) is 0 Å². The molecule has 0 saturated carbocycles. The van der Waals surface area contributed by atoms with E-state index in [0.29, 0.717) is 11.4 Å². The lowest BCUT2D eigenvalue weighted by atomic mass is 10.2. The van der Waals surface area contributed by atoms with Gasteiger partial charge in [-0.05, 0) is 6.07 Å². The van der Waals surface area contributed by atoms with Crippen LogP contribution in [0.4, 0.5) is 0 Å². The van der Waals surface area contributed by atoms with Gasteiger partial charge in [-0.2, -0.15) is 10.2 Å². The van der Waals surface area contributed by atoms with Crippen LogP contribution in [0.3, 0.4) is 0 Å². The summed E-state index contributed by atoms with van der Waals surface area (Å²) >= 11 is 0. The number of hydrogen-bond acceptors (Lipinski definition) is 5. The van der Waals surface area contributed by atoms with E-state index >= 15 is 0 Å². The monoisotopic (exact) mass is 170 g/mol. The largest absolute Gasteiger partial charge is 0.390 e. The van der Waals surface area contributed by atoms with Crippen LogP contribution in [0.2, 0.25) is 0 Å². The van der Waals surface area contributed by atoms with Crippen LogP contribution in [-0.2, 0) is 6.61 Å². The summed E-state index contributed by atoms with van der Waals surface area (Å²) in [5, 5.41) is 27.3. The van der Waals surface area contributed by atoms with Gasteiger partial charge in [0.25, 0.3) is 0 Å². The fourth-order valence-electron chi connectivity index (χ4n) is 0.770. The molecule has 12 heavy (non-hydrogen) atoms. The quantitative estimate of drug-likeness (QED) is 0.262. The van der Waals surface area contributed by atoms with Crippen LogP contribution in [0.5, 0.6) is 0 Å². The maximum absolute atomic E-state index is 9.24. The molecule has 6 nitrogen and oxygen atoms in total. The molecule has 0 aromatic carbocycles. The Morgan fingerprint density at radius 3 is 3.08 bits per heavy atom. The van der Waals surface area contributed by atoms with Crippen LogP contribution >= 0.6 is 0 Å². The smallest absolute Gasteiger partial charge is 0.135 e. The first-order valence-corrected chi connectivity index (χ1v) is 3.34. The van der Waals surface area contributed by atoms with Crippen molar-refractivity contribution in [2.24, 2.45) is 10.9 Å². The zero-order chi connectivity index (χ0) is 8.97. The van der Waals surface area contributed by atoms with E-state index in [9.17, 15) is 5.11 Å². The average Bonchev–Trinajstić information content (AvgIpc) is 2.52. The molecule has 0 bridgehead atoms. The third-order valence-electron chi connectivity index (χ3n) is 1.35. The van der Waals surface area contributed by atoms with Crippen LogP contribution in [0, 0.1) is 0 Å². The Hall–Kier alpha value is -1.40. The molecule has 0 spiro atoms. The van der Waals surface area contributed by atoms with E-state index in [4.69, 9.17) is 10.9 Å².